The van der Waals surface area contributed by atoms with Crippen molar-refractivity contribution in [1.82, 2.24) is 0 Å². The maximum Gasteiger partial charge on any atom is 0.264 e. The second kappa shape index (κ2) is 10.9. The van der Waals surface area contributed by atoms with Crippen LogP contribution >= 0.6 is 0 Å². The predicted octanol–water partition coefficient (Wildman–Crippen LogP) is 3.97. The Hall–Kier alpha value is -4.05. The van der Waals surface area contributed by atoms with Crippen molar-refractivity contribution in [1.29, 1.82) is 0 Å². The molecule has 3 aromatic carbocycles. The number of ether oxygens (including phenoxy) is 2. The lowest BCUT2D eigenvalue weighted by Gasteiger charge is -2.25. The first-order valence-corrected chi connectivity index (χ1v) is 13.2. The van der Waals surface area contributed by atoms with Gasteiger partial charge in [0.1, 0.15) is 6.54 Å². The number of aryl methyl sites for hydroxylation is 1. The van der Waals surface area contributed by atoms with Crippen molar-refractivity contribution < 1.29 is 27.5 Å². The normalized spacial score (nSPS) is 13.4. The maximum absolute atomic E-state index is 13.6. The number of nitrogens with zero attached hydrogens (tertiary/aromatic N) is 2. The largest absolute Gasteiger partial charge is 0.493 e. The van der Waals surface area contributed by atoms with Crippen LogP contribution in [-0.4, -0.2) is 47.5 Å². The van der Waals surface area contributed by atoms with Gasteiger partial charge in [-0.15, -0.1) is 0 Å². The molecule has 1 aliphatic rings. The Morgan fingerprint density at radius 1 is 1.00 bits per heavy atom. The number of nitrogens with one attached hydrogen (secondary N) is 1. The summed E-state index contributed by atoms with van der Waals surface area (Å²) in [5.41, 5.74) is 2.39. The van der Waals surface area contributed by atoms with Gasteiger partial charge < -0.3 is 19.7 Å². The van der Waals surface area contributed by atoms with Crippen LogP contribution in [0.25, 0.3) is 0 Å². The Morgan fingerprint density at radius 3 is 2.35 bits per heavy atom. The van der Waals surface area contributed by atoms with Crippen molar-refractivity contribution in [2.45, 2.75) is 24.7 Å². The smallest absolute Gasteiger partial charge is 0.264 e. The summed E-state index contributed by atoms with van der Waals surface area (Å²) in [6.07, 6.45) is 1.35. The molecule has 1 N–H and O–H groups in total. The first-order valence-electron chi connectivity index (χ1n) is 11.8. The molecule has 10 heteroatoms. The molecule has 37 heavy (non-hydrogen) atoms. The molecule has 0 atom stereocenters. The summed E-state index contributed by atoms with van der Waals surface area (Å²) >= 11 is 0. The highest BCUT2D eigenvalue weighted by Gasteiger charge is 2.28. The van der Waals surface area contributed by atoms with E-state index in [2.05, 4.69) is 5.32 Å². The number of methoxy groups -OCH3 is 2. The zero-order chi connectivity index (χ0) is 26.6. The molecule has 0 radical (unpaired) electrons. The minimum atomic E-state index is -4.09. The minimum absolute atomic E-state index is 0.0491. The van der Waals surface area contributed by atoms with Crippen LogP contribution in [-0.2, 0) is 19.6 Å². The van der Waals surface area contributed by atoms with Gasteiger partial charge in [-0.3, -0.25) is 13.9 Å². The molecule has 0 spiro atoms. The number of rotatable bonds is 9. The summed E-state index contributed by atoms with van der Waals surface area (Å²) < 4.78 is 38.8. The van der Waals surface area contributed by atoms with Crippen molar-refractivity contribution in [3.63, 3.8) is 0 Å². The van der Waals surface area contributed by atoms with Crippen LogP contribution < -0.4 is 24.0 Å². The van der Waals surface area contributed by atoms with Gasteiger partial charge in [-0.25, -0.2) is 8.42 Å². The van der Waals surface area contributed by atoms with Gasteiger partial charge in [-0.1, -0.05) is 18.2 Å². The zero-order valence-corrected chi connectivity index (χ0v) is 21.7. The number of sulfonamides is 1. The molecule has 1 heterocycles. The van der Waals surface area contributed by atoms with Crippen LogP contribution in [0, 0.1) is 6.92 Å². The van der Waals surface area contributed by atoms with E-state index < -0.39 is 22.5 Å². The van der Waals surface area contributed by atoms with E-state index in [1.165, 1.54) is 32.4 Å². The fourth-order valence-electron chi connectivity index (χ4n) is 4.28. The van der Waals surface area contributed by atoms with Crippen LogP contribution in [0.15, 0.2) is 71.6 Å². The average molecular weight is 524 g/mol. The molecular weight excluding hydrogens is 494 g/mol. The third-order valence-electron chi connectivity index (χ3n) is 6.12. The second-order valence-electron chi connectivity index (χ2n) is 8.56. The van der Waals surface area contributed by atoms with Crippen LogP contribution in [0.5, 0.6) is 11.5 Å². The number of carbonyl (C=O) groups is 2. The summed E-state index contributed by atoms with van der Waals surface area (Å²) in [5.74, 6) is 0.311. The lowest BCUT2D eigenvalue weighted by atomic mass is 10.1. The number of anilines is 3. The standard InChI is InChI=1S/C27H29N3O6S/c1-19-16-20(11-13-23(19)29-15-7-10-27(29)32)28-26(31)18-30(37(33,34)22-8-5-4-6-9-22)21-12-14-24(35-2)25(17-21)36-3/h4-6,8-9,11-14,16-17H,7,10,15,18H2,1-3H3,(H,28,31). The first-order chi connectivity index (χ1) is 17.7. The van der Waals surface area contributed by atoms with Crippen LogP contribution in [0.1, 0.15) is 18.4 Å². The number of hydrogen-bond acceptors (Lipinski definition) is 6. The van der Waals surface area contributed by atoms with Crippen LogP contribution in [0.2, 0.25) is 0 Å². The van der Waals surface area contributed by atoms with Gasteiger partial charge in [-0.05, 0) is 61.4 Å². The number of benzene rings is 3. The molecule has 0 aromatic heterocycles. The predicted molar refractivity (Wildman–Crippen MR) is 142 cm³/mol. The monoisotopic (exact) mass is 523 g/mol. The second-order valence-corrected chi connectivity index (χ2v) is 10.4. The summed E-state index contributed by atoms with van der Waals surface area (Å²) in [7, 11) is -1.15. The Balaban J connectivity index is 1.62. The molecular formula is C27H29N3O6S. The highest BCUT2D eigenvalue weighted by atomic mass is 32.2. The quantitative estimate of drug-likeness (QED) is 0.455. The van der Waals surface area contributed by atoms with Crippen molar-refractivity contribution in [2.75, 3.05) is 41.8 Å². The summed E-state index contributed by atoms with van der Waals surface area (Å²) in [6, 6.07) is 17.8. The molecule has 9 nitrogen and oxygen atoms in total. The van der Waals surface area contributed by atoms with Gasteiger partial charge in [-0.2, -0.15) is 0 Å². The van der Waals surface area contributed by atoms with E-state index >= 15 is 0 Å². The van der Waals surface area contributed by atoms with Crippen molar-refractivity contribution in [3.8, 4) is 11.5 Å². The van der Waals surface area contributed by atoms with Gasteiger partial charge in [0.2, 0.25) is 11.8 Å². The molecule has 0 aliphatic carbocycles. The highest BCUT2D eigenvalue weighted by molar-refractivity contribution is 7.92. The van der Waals surface area contributed by atoms with Gasteiger partial charge in [0.25, 0.3) is 10.0 Å². The van der Waals surface area contributed by atoms with E-state index in [-0.39, 0.29) is 16.5 Å². The fourth-order valence-corrected chi connectivity index (χ4v) is 5.72. The first kappa shape index (κ1) is 26.0. The zero-order valence-electron chi connectivity index (χ0n) is 20.9. The van der Waals surface area contributed by atoms with Gasteiger partial charge in [0.05, 0.1) is 24.8 Å². The third-order valence-corrected chi connectivity index (χ3v) is 7.91. The molecule has 194 valence electrons. The maximum atomic E-state index is 13.6. The summed E-state index contributed by atoms with van der Waals surface area (Å²) in [5, 5.41) is 2.78. The highest BCUT2D eigenvalue weighted by Crippen LogP contribution is 2.34. The van der Waals surface area contributed by atoms with Gasteiger partial charge >= 0.3 is 0 Å². The van der Waals surface area contributed by atoms with E-state index in [1.54, 1.807) is 53.4 Å². The minimum Gasteiger partial charge on any atom is -0.493 e. The molecule has 0 unspecified atom stereocenters. The number of carbonyl (C=O) groups excluding carboxylic acids is 2. The topological polar surface area (TPSA) is 105 Å². The lowest BCUT2D eigenvalue weighted by Crippen LogP contribution is -2.38. The van der Waals surface area contributed by atoms with E-state index in [0.29, 0.717) is 30.2 Å². The Labute approximate surface area is 216 Å². The van der Waals surface area contributed by atoms with Crippen LogP contribution in [0.3, 0.4) is 0 Å². The van der Waals surface area contributed by atoms with Crippen molar-refractivity contribution in [3.05, 3.63) is 72.3 Å². The van der Waals surface area contributed by atoms with E-state index in [9.17, 15) is 18.0 Å². The number of amides is 2. The molecule has 3 aromatic rings. The number of hydrogen-bond donors (Lipinski definition) is 1. The lowest BCUT2D eigenvalue weighted by molar-refractivity contribution is -0.117. The van der Waals surface area contributed by atoms with E-state index in [1.807, 2.05) is 6.92 Å². The van der Waals surface area contributed by atoms with Gasteiger partial charge in [0, 0.05) is 30.4 Å². The molecule has 1 saturated heterocycles. The molecule has 0 saturated carbocycles. The Bertz CT molecular complexity index is 1410. The van der Waals surface area contributed by atoms with E-state index in [4.69, 9.17) is 9.47 Å². The molecule has 4 rings (SSSR count). The molecule has 2 amide bonds. The van der Waals surface area contributed by atoms with Crippen molar-refractivity contribution >= 4 is 38.9 Å². The Morgan fingerprint density at radius 2 is 1.73 bits per heavy atom. The molecule has 0 bridgehead atoms. The molecule has 1 aliphatic heterocycles. The molecule has 1 fully saturated rings. The average Bonchev–Trinajstić information content (AvgIpc) is 3.32. The van der Waals surface area contributed by atoms with Crippen LogP contribution in [0.4, 0.5) is 17.1 Å². The fraction of sp³-hybridized carbons (Fsp3) is 0.259. The third kappa shape index (κ3) is 5.54. The Kier molecular flexibility index (Phi) is 7.68. The summed E-state index contributed by atoms with van der Waals surface area (Å²) in [4.78, 5) is 27.0. The van der Waals surface area contributed by atoms with E-state index in [0.717, 1.165) is 22.0 Å². The SMILES string of the molecule is COc1ccc(N(CC(=O)Nc2ccc(N3CCCC3=O)c(C)c2)S(=O)(=O)c2ccccc2)cc1OC. The van der Waals surface area contributed by atoms with Gasteiger partial charge in [0.15, 0.2) is 11.5 Å². The summed E-state index contributed by atoms with van der Waals surface area (Å²) in [6.45, 7) is 2.06. The van der Waals surface area contributed by atoms with Crippen molar-refractivity contribution in [2.24, 2.45) is 0 Å².